The first kappa shape index (κ1) is 13.3. The zero-order valence-corrected chi connectivity index (χ0v) is 11.4. The molecular weight excluding hydrogens is 244 g/mol. The molecule has 0 spiro atoms. The quantitative estimate of drug-likeness (QED) is 0.851. The first-order valence-electron chi connectivity index (χ1n) is 6.37. The average Bonchev–Trinajstić information content (AvgIpc) is 2.83. The highest BCUT2D eigenvalue weighted by Crippen LogP contribution is 2.11. The van der Waals surface area contributed by atoms with E-state index < -0.39 is 0 Å². The number of aryl methyl sites for hydroxylation is 1. The van der Waals surface area contributed by atoms with Crippen molar-refractivity contribution in [3.8, 4) is 12.0 Å². The number of hydrogen-bond acceptors (Lipinski definition) is 6. The van der Waals surface area contributed by atoms with E-state index in [1.54, 1.807) is 10.9 Å². The molecule has 7 heteroatoms. The Kier molecular flexibility index (Phi) is 4.27. The van der Waals surface area contributed by atoms with Gasteiger partial charge in [-0.05, 0) is 25.8 Å². The standard InChI is InChI=1S/C12H18N6O/c1-4-6-13-10-15-11(17-12(16-10)19-5-2)18-8-9(3)7-14-18/h7-8H,4-6H2,1-3H3,(H,13,15,16,17). The fraction of sp³-hybridized carbons (Fsp3) is 0.500. The minimum absolute atomic E-state index is 0.305. The number of rotatable bonds is 6. The molecule has 102 valence electrons. The number of nitrogens with one attached hydrogen (secondary N) is 1. The van der Waals surface area contributed by atoms with Crippen molar-refractivity contribution >= 4 is 5.95 Å². The maximum atomic E-state index is 5.35. The molecule has 1 N–H and O–H groups in total. The second kappa shape index (κ2) is 6.12. The Morgan fingerprint density at radius 2 is 2.11 bits per heavy atom. The molecule has 0 amide bonds. The number of ether oxygens (including phenoxy) is 1. The maximum Gasteiger partial charge on any atom is 0.323 e. The van der Waals surface area contributed by atoms with E-state index in [1.165, 1.54) is 0 Å². The van der Waals surface area contributed by atoms with E-state index >= 15 is 0 Å². The molecule has 0 aliphatic heterocycles. The summed E-state index contributed by atoms with van der Waals surface area (Å²) in [5.41, 5.74) is 1.04. The van der Waals surface area contributed by atoms with Crippen molar-refractivity contribution in [3.05, 3.63) is 18.0 Å². The van der Waals surface area contributed by atoms with Crippen LogP contribution in [0.25, 0.3) is 5.95 Å². The molecule has 0 aromatic carbocycles. The van der Waals surface area contributed by atoms with Crippen LogP contribution in [-0.4, -0.2) is 37.9 Å². The van der Waals surface area contributed by atoms with Crippen LogP contribution in [0.4, 0.5) is 5.95 Å². The molecule has 0 saturated carbocycles. The van der Waals surface area contributed by atoms with Crippen molar-refractivity contribution in [2.75, 3.05) is 18.5 Å². The van der Waals surface area contributed by atoms with E-state index in [1.807, 2.05) is 20.0 Å². The predicted octanol–water partition coefficient (Wildman–Crippen LogP) is 1.59. The van der Waals surface area contributed by atoms with Crippen molar-refractivity contribution in [2.24, 2.45) is 0 Å². The fourth-order valence-corrected chi connectivity index (χ4v) is 1.48. The maximum absolute atomic E-state index is 5.35. The largest absolute Gasteiger partial charge is 0.464 e. The lowest BCUT2D eigenvalue weighted by Crippen LogP contribution is -2.11. The molecule has 0 aliphatic rings. The van der Waals surface area contributed by atoms with Gasteiger partial charge in [-0.25, -0.2) is 4.68 Å². The van der Waals surface area contributed by atoms with Gasteiger partial charge >= 0.3 is 6.01 Å². The van der Waals surface area contributed by atoms with Crippen LogP contribution in [0.5, 0.6) is 6.01 Å². The third-order valence-corrected chi connectivity index (χ3v) is 2.33. The molecule has 2 heterocycles. The van der Waals surface area contributed by atoms with Gasteiger partial charge in [-0.1, -0.05) is 6.92 Å². The summed E-state index contributed by atoms with van der Waals surface area (Å²) in [6.07, 6.45) is 4.60. The van der Waals surface area contributed by atoms with Crippen molar-refractivity contribution < 1.29 is 4.74 Å². The molecule has 0 saturated heterocycles. The van der Waals surface area contributed by atoms with Gasteiger partial charge in [0.1, 0.15) is 0 Å². The van der Waals surface area contributed by atoms with Crippen LogP contribution in [0.1, 0.15) is 25.8 Å². The van der Waals surface area contributed by atoms with Gasteiger partial charge < -0.3 is 10.1 Å². The molecule has 0 fully saturated rings. The van der Waals surface area contributed by atoms with Crippen LogP contribution in [0, 0.1) is 6.92 Å². The number of aromatic nitrogens is 5. The lowest BCUT2D eigenvalue weighted by Gasteiger charge is -2.08. The van der Waals surface area contributed by atoms with Gasteiger partial charge in [-0.15, -0.1) is 0 Å². The van der Waals surface area contributed by atoms with E-state index in [2.05, 4.69) is 32.3 Å². The first-order chi connectivity index (χ1) is 9.22. The zero-order chi connectivity index (χ0) is 13.7. The Labute approximate surface area is 112 Å². The van der Waals surface area contributed by atoms with Crippen LogP contribution < -0.4 is 10.1 Å². The number of anilines is 1. The number of hydrogen-bond donors (Lipinski definition) is 1. The summed E-state index contributed by atoms with van der Waals surface area (Å²) < 4.78 is 6.96. The molecule has 0 unspecified atom stereocenters. The summed E-state index contributed by atoms with van der Waals surface area (Å²) >= 11 is 0. The molecule has 0 bridgehead atoms. The fourth-order valence-electron chi connectivity index (χ4n) is 1.48. The monoisotopic (exact) mass is 262 g/mol. The molecule has 0 atom stereocenters. The van der Waals surface area contributed by atoms with E-state index in [0.29, 0.717) is 24.5 Å². The molecule has 19 heavy (non-hydrogen) atoms. The van der Waals surface area contributed by atoms with Gasteiger partial charge in [0, 0.05) is 12.7 Å². The summed E-state index contributed by atoms with van der Waals surface area (Å²) in [4.78, 5) is 12.8. The van der Waals surface area contributed by atoms with Crippen LogP contribution in [0.15, 0.2) is 12.4 Å². The zero-order valence-electron chi connectivity index (χ0n) is 11.4. The SMILES string of the molecule is CCCNc1nc(OCC)nc(-n2cc(C)cn2)n1. The molecular formula is C12H18N6O. The van der Waals surface area contributed by atoms with E-state index in [-0.39, 0.29) is 0 Å². The van der Waals surface area contributed by atoms with Crippen LogP contribution in [-0.2, 0) is 0 Å². The Hall–Kier alpha value is -2.18. The Morgan fingerprint density at radius 3 is 2.74 bits per heavy atom. The van der Waals surface area contributed by atoms with E-state index in [4.69, 9.17) is 4.74 Å². The lowest BCUT2D eigenvalue weighted by atomic mass is 10.4. The van der Waals surface area contributed by atoms with Gasteiger partial charge in [0.2, 0.25) is 5.95 Å². The topological polar surface area (TPSA) is 77.8 Å². The van der Waals surface area contributed by atoms with Crippen molar-refractivity contribution in [2.45, 2.75) is 27.2 Å². The van der Waals surface area contributed by atoms with Crippen LogP contribution in [0.2, 0.25) is 0 Å². The Morgan fingerprint density at radius 1 is 1.26 bits per heavy atom. The molecule has 2 aromatic heterocycles. The average molecular weight is 262 g/mol. The van der Waals surface area contributed by atoms with Gasteiger partial charge in [0.05, 0.1) is 12.8 Å². The minimum Gasteiger partial charge on any atom is -0.464 e. The van der Waals surface area contributed by atoms with Crippen LogP contribution in [0.3, 0.4) is 0 Å². The third-order valence-electron chi connectivity index (χ3n) is 2.33. The predicted molar refractivity (Wildman–Crippen MR) is 71.6 cm³/mol. The summed E-state index contributed by atoms with van der Waals surface area (Å²) in [7, 11) is 0. The second-order valence-electron chi connectivity index (χ2n) is 4.06. The summed E-state index contributed by atoms with van der Waals surface area (Å²) in [6.45, 7) is 7.24. The Balaban J connectivity index is 2.33. The summed E-state index contributed by atoms with van der Waals surface area (Å²) in [5.74, 6) is 0.952. The van der Waals surface area contributed by atoms with Crippen molar-refractivity contribution in [1.82, 2.24) is 24.7 Å². The van der Waals surface area contributed by atoms with Gasteiger partial charge in [0.15, 0.2) is 0 Å². The van der Waals surface area contributed by atoms with Gasteiger partial charge in [0.25, 0.3) is 5.95 Å². The minimum atomic E-state index is 0.305. The third kappa shape index (κ3) is 3.40. The van der Waals surface area contributed by atoms with Crippen molar-refractivity contribution in [1.29, 1.82) is 0 Å². The van der Waals surface area contributed by atoms with Gasteiger partial charge in [-0.3, -0.25) is 0 Å². The summed E-state index contributed by atoms with van der Waals surface area (Å²) in [5, 5.41) is 7.32. The smallest absolute Gasteiger partial charge is 0.323 e. The lowest BCUT2D eigenvalue weighted by molar-refractivity contribution is 0.311. The molecule has 2 rings (SSSR count). The van der Waals surface area contributed by atoms with E-state index in [9.17, 15) is 0 Å². The van der Waals surface area contributed by atoms with E-state index in [0.717, 1.165) is 18.5 Å². The van der Waals surface area contributed by atoms with Gasteiger partial charge in [-0.2, -0.15) is 20.1 Å². The highest BCUT2D eigenvalue weighted by atomic mass is 16.5. The Bertz CT molecular complexity index is 539. The van der Waals surface area contributed by atoms with Crippen LogP contribution >= 0.6 is 0 Å². The van der Waals surface area contributed by atoms with Crippen molar-refractivity contribution in [3.63, 3.8) is 0 Å². The molecule has 2 aromatic rings. The highest BCUT2D eigenvalue weighted by molar-refractivity contribution is 5.30. The summed E-state index contributed by atoms with van der Waals surface area (Å²) in [6, 6.07) is 0.305. The molecule has 7 nitrogen and oxygen atoms in total. The first-order valence-corrected chi connectivity index (χ1v) is 6.37. The normalized spacial score (nSPS) is 10.5. The highest BCUT2D eigenvalue weighted by Gasteiger charge is 2.09. The molecule has 0 aliphatic carbocycles. The second-order valence-corrected chi connectivity index (χ2v) is 4.06. The number of nitrogens with zero attached hydrogens (tertiary/aromatic N) is 5. The molecule has 0 radical (unpaired) electrons.